The number of hydrogen-bond acceptors (Lipinski definition) is 1. The molecule has 0 unspecified atom stereocenters. The van der Waals surface area contributed by atoms with Gasteiger partial charge in [-0.05, 0) is 24.8 Å². The standard InChI is InChI=1S/C15H15N/c1-12-11-16-13(2)15-10-8-6-4-3-5-7-9-14(12)15/h3-11H,1-2H3. The average molecular weight is 209 g/mol. The molecule has 0 saturated heterocycles. The van der Waals surface area contributed by atoms with E-state index in [0.717, 1.165) is 5.69 Å². The minimum Gasteiger partial charge on any atom is -0.261 e. The van der Waals surface area contributed by atoms with Gasteiger partial charge in [0.1, 0.15) is 0 Å². The molecule has 0 spiro atoms. The highest BCUT2D eigenvalue weighted by Gasteiger charge is 1.97. The molecule has 0 aliphatic rings. The van der Waals surface area contributed by atoms with Crippen LogP contribution in [0.4, 0.5) is 0 Å². The summed E-state index contributed by atoms with van der Waals surface area (Å²) >= 11 is 0. The van der Waals surface area contributed by atoms with E-state index in [9.17, 15) is 0 Å². The highest BCUT2D eigenvalue weighted by Crippen LogP contribution is 2.17. The molecule has 1 heterocycles. The minimum atomic E-state index is 1.07. The van der Waals surface area contributed by atoms with E-state index >= 15 is 0 Å². The van der Waals surface area contributed by atoms with E-state index in [-0.39, 0.29) is 0 Å². The average Bonchev–Trinajstić information content (AvgIpc) is 2.30. The number of pyridine rings is 1. The molecule has 0 saturated carbocycles. The predicted octanol–water partition coefficient (Wildman–Crippen LogP) is 3.98. The highest BCUT2D eigenvalue weighted by atomic mass is 14.7. The van der Waals surface area contributed by atoms with Crippen LogP contribution in [0.25, 0.3) is 10.8 Å². The first-order valence-corrected chi connectivity index (χ1v) is 5.43. The van der Waals surface area contributed by atoms with Crippen molar-refractivity contribution in [3.05, 3.63) is 66.0 Å². The molecule has 0 fully saturated rings. The van der Waals surface area contributed by atoms with Gasteiger partial charge in [-0.15, -0.1) is 0 Å². The summed E-state index contributed by atoms with van der Waals surface area (Å²) in [7, 11) is 0. The molecule has 0 radical (unpaired) electrons. The van der Waals surface area contributed by atoms with Crippen molar-refractivity contribution < 1.29 is 0 Å². The minimum absolute atomic E-state index is 1.07. The zero-order valence-electron chi connectivity index (χ0n) is 9.64. The van der Waals surface area contributed by atoms with Crippen molar-refractivity contribution in [1.29, 1.82) is 0 Å². The maximum atomic E-state index is 4.39. The Morgan fingerprint density at radius 1 is 0.750 bits per heavy atom. The van der Waals surface area contributed by atoms with Gasteiger partial charge in [0.25, 0.3) is 0 Å². The van der Waals surface area contributed by atoms with Gasteiger partial charge in [-0.25, -0.2) is 0 Å². The number of aromatic nitrogens is 1. The van der Waals surface area contributed by atoms with Gasteiger partial charge < -0.3 is 0 Å². The van der Waals surface area contributed by atoms with Gasteiger partial charge in [0.2, 0.25) is 0 Å². The second-order valence-corrected chi connectivity index (χ2v) is 3.84. The van der Waals surface area contributed by atoms with Crippen LogP contribution < -0.4 is 0 Å². The Hall–Kier alpha value is -1.89. The normalized spacial score (nSPS) is 9.88. The molecule has 0 aliphatic carbocycles. The van der Waals surface area contributed by atoms with Crippen molar-refractivity contribution in [3.63, 3.8) is 0 Å². The Bertz CT molecular complexity index is 506. The summed E-state index contributed by atoms with van der Waals surface area (Å²) in [6.07, 6.45) is 1.93. The van der Waals surface area contributed by atoms with Gasteiger partial charge in [0, 0.05) is 17.3 Å². The van der Waals surface area contributed by atoms with Crippen molar-refractivity contribution >= 4 is 10.8 Å². The van der Waals surface area contributed by atoms with Gasteiger partial charge in [-0.1, -0.05) is 48.5 Å². The Balaban J connectivity index is 2.90. The summed E-state index contributed by atoms with van der Waals surface area (Å²) < 4.78 is 0. The topological polar surface area (TPSA) is 12.9 Å². The molecule has 1 aromatic carbocycles. The third-order valence-corrected chi connectivity index (χ3v) is 2.64. The number of fused-ring (bicyclic) bond motifs is 1. The molecule has 0 aliphatic heterocycles. The molecule has 0 atom stereocenters. The van der Waals surface area contributed by atoms with Crippen LogP contribution in [-0.4, -0.2) is 4.98 Å². The van der Waals surface area contributed by atoms with Gasteiger partial charge >= 0.3 is 0 Å². The van der Waals surface area contributed by atoms with E-state index in [4.69, 9.17) is 0 Å². The van der Waals surface area contributed by atoms with E-state index in [1.54, 1.807) is 0 Å². The molecule has 2 aromatic rings. The first-order valence-electron chi connectivity index (χ1n) is 5.43. The maximum absolute atomic E-state index is 4.39. The lowest BCUT2D eigenvalue weighted by atomic mass is 10.1. The monoisotopic (exact) mass is 209 g/mol. The second-order valence-electron chi connectivity index (χ2n) is 3.84. The molecular formula is C15H15N. The largest absolute Gasteiger partial charge is 0.261 e. The molecular weight excluding hydrogens is 194 g/mol. The molecule has 1 aromatic heterocycles. The molecule has 2 rings (SSSR count). The summed E-state index contributed by atoms with van der Waals surface area (Å²) in [5.41, 5.74) is 2.28. The summed E-state index contributed by atoms with van der Waals surface area (Å²) in [5.74, 6) is 0. The number of aryl methyl sites for hydroxylation is 2. The summed E-state index contributed by atoms with van der Waals surface area (Å²) in [6.45, 7) is 4.14. The maximum Gasteiger partial charge on any atom is 0.0451 e. The third-order valence-electron chi connectivity index (χ3n) is 2.64. The molecule has 0 amide bonds. The van der Waals surface area contributed by atoms with E-state index in [1.165, 1.54) is 16.3 Å². The number of nitrogens with zero attached hydrogens (tertiary/aromatic N) is 1. The van der Waals surface area contributed by atoms with E-state index in [2.05, 4.69) is 36.2 Å². The van der Waals surface area contributed by atoms with Gasteiger partial charge in [0.05, 0.1) is 0 Å². The van der Waals surface area contributed by atoms with Gasteiger partial charge in [0.15, 0.2) is 0 Å². The first kappa shape index (κ1) is 10.6. The van der Waals surface area contributed by atoms with Gasteiger partial charge in [-0.2, -0.15) is 0 Å². The smallest absolute Gasteiger partial charge is 0.0451 e. The van der Waals surface area contributed by atoms with Crippen LogP contribution in [0.3, 0.4) is 0 Å². The summed E-state index contributed by atoms with van der Waals surface area (Å²) in [6, 6.07) is 16.5. The Morgan fingerprint density at radius 3 is 2.00 bits per heavy atom. The Kier molecular flexibility index (Phi) is 3.16. The van der Waals surface area contributed by atoms with Crippen LogP contribution >= 0.6 is 0 Å². The van der Waals surface area contributed by atoms with Crippen molar-refractivity contribution in [2.75, 3.05) is 0 Å². The number of hydrogen-bond donors (Lipinski definition) is 0. The Morgan fingerprint density at radius 2 is 1.31 bits per heavy atom. The molecule has 16 heavy (non-hydrogen) atoms. The predicted molar refractivity (Wildman–Crippen MR) is 68.8 cm³/mol. The van der Waals surface area contributed by atoms with Crippen molar-refractivity contribution in [1.82, 2.24) is 4.98 Å². The summed E-state index contributed by atoms with van der Waals surface area (Å²) in [5, 5.41) is 2.46. The second kappa shape index (κ2) is 4.75. The molecule has 1 nitrogen and oxygen atoms in total. The van der Waals surface area contributed by atoms with Crippen LogP contribution in [0.15, 0.2) is 54.7 Å². The quantitative estimate of drug-likeness (QED) is 0.639. The molecule has 0 bridgehead atoms. The number of rotatable bonds is 0. The third kappa shape index (κ3) is 2.19. The van der Waals surface area contributed by atoms with E-state index in [1.807, 2.05) is 37.4 Å². The fourth-order valence-corrected chi connectivity index (χ4v) is 1.73. The SMILES string of the molecule is Cc1cnc(C)c2ccccccccc12. The lowest BCUT2D eigenvalue weighted by Crippen LogP contribution is -1.85. The van der Waals surface area contributed by atoms with Crippen molar-refractivity contribution in [3.8, 4) is 0 Å². The molecule has 0 N–H and O–H groups in total. The van der Waals surface area contributed by atoms with Crippen LogP contribution in [-0.2, 0) is 0 Å². The molecule has 1 heteroatoms. The zero-order chi connectivity index (χ0) is 11.4. The van der Waals surface area contributed by atoms with Crippen LogP contribution in [0.5, 0.6) is 0 Å². The summed E-state index contributed by atoms with van der Waals surface area (Å²) in [4.78, 5) is 4.39. The highest BCUT2D eigenvalue weighted by molar-refractivity contribution is 5.85. The van der Waals surface area contributed by atoms with Crippen LogP contribution in [0, 0.1) is 13.8 Å². The Labute approximate surface area is 96.1 Å². The van der Waals surface area contributed by atoms with Crippen molar-refractivity contribution in [2.45, 2.75) is 13.8 Å². The van der Waals surface area contributed by atoms with Crippen molar-refractivity contribution in [2.24, 2.45) is 0 Å². The lowest BCUT2D eigenvalue weighted by Gasteiger charge is -2.01. The molecule has 80 valence electrons. The van der Waals surface area contributed by atoms with Gasteiger partial charge in [-0.3, -0.25) is 4.98 Å². The lowest BCUT2D eigenvalue weighted by molar-refractivity contribution is 1.21. The van der Waals surface area contributed by atoms with E-state index in [0.29, 0.717) is 0 Å². The fourth-order valence-electron chi connectivity index (χ4n) is 1.73. The van der Waals surface area contributed by atoms with Crippen LogP contribution in [0.1, 0.15) is 11.3 Å². The first-order chi connectivity index (χ1) is 7.79. The van der Waals surface area contributed by atoms with Crippen LogP contribution in [0.2, 0.25) is 0 Å². The van der Waals surface area contributed by atoms with E-state index < -0.39 is 0 Å². The zero-order valence-corrected chi connectivity index (χ0v) is 9.64. The fraction of sp³-hybridized carbons (Fsp3) is 0.133.